The molecule has 0 amide bonds. The van der Waals surface area contributed by atoms with E-state index in [1.807, 2.05) is 0 Å². The van der Waals surface area contributed by atoms with Crippen LogP contribution in [0.25, 0.3) is 0 Å². The molecule has 1 aromatic rings. The number of sulfone groups is 1. The predicted molar refractivity (Wildman–Crippen MR) is 63.3 cm³/mol. The Morgan fingerprint density at radius 3 is 2.72 bits per heavy atom. The van der Waals surface area contributed by atoms with E-state index in [9.17, 15) is 17.6 Å². The number of anilines is 1. The van der Waals surface area contributed by atoms with E-state index in [0.717, 1.165) is 12.1 Å². The number of ether oxygens (including phenoxy) is 1. The number of benzene rings is 1. The van der Waals surface area contributed by atoms with Gasteiger partial charge in [-0.1, -0.05) is 0 Å². The van der Waals surface area contributed by atoms with Crippen molar-refractivity contribution in [1.29, 1.82) is 0 Å². The number of carbonyl (C=O) groups is 1. The van der Waals surface area contributed by atoms with Gasteiger partial charge in [0.15, 0.2) is 9.84 Å². The van der Waals surface area contributed by atoms with E-state index >= 15 is 0 Å². The molecule has 2 N–H and O–H groups in total. The summed E-state index contributed by atoms with van der Waals surface area (Å²) in [5.41, 5.74) is 5.51. The van der Waals surface area contributed by atoms with Crippen LogP contribution >= 0.6 is 0 Å². The Labute approximate surface area is 104 Å². The van der Waals surface area contributed by atoms with Crippen molar-refractivity contribution in [3.63, 3.8) is 0 Å². The maximum atomic E-state index is 12.8. The Balaban J connectivity index is 2.09. The summed E-state index contributed by atoms with van der Waals surface area (Å²) in [5.74, 6) is -1.42. The maximum absolute atomic E-state index is 12.8. The molecular formula is C11H12FNO4S. The Kier molecular flexibility index (Phi) is 3.25. The summed E-state index contributed by atoms with van der Waals surface area (Å²) in [6.07, 6.45) is -0.359. The van der Waals surface area contributed by atoms with Crippen LogP contribution in [0.15, 0.2) is 18.2 Å². The predicted octanol–water partition coefficient (Wildman–Crippen LogP) is 0.752. The molecule has 0 radical (unpaired) electrons. The minimum Gasteiger partial charge on any atom is -0.458 e. The van der Waals surface area contributed by atoms with Gasteiger partial charge in [0.05, 0.1) is 17.1 Å². The highest BCUT2D eigenvalue weighted by Gasteiger charge is 2.31. The van der Waals surface area contributed by atoms with Crippen molar-refractivity contribution in [2.45, 2.75) is 12.5 Å². The first-order chi connectivity index (χ1) is 8.37. The van der Waals surface area contributed by atoms with Gasteiger partial charge < -0.3 is 10.5 Å². The maximum Gasteiger partial charge on any atom is 0.340 e. The minimum absolute atomic E-state index is 0.0177. The molecular weight excluding hydrogens is 261 g/mol. The van der Waals surface area contributed by atoms with Crippen LogP contribution in [0.4, 0.5) is 10.1 Å². The van der Waals surface area contributed by atoms with E-state index < -0.39 is 27.7 Å². The minimum atomic E-state index is -3.11. The summed E-state index contributed by atoms with van der Waals surface area (Å²) in [4.78, 5) is 11.7. The van der Waals surface area contributed by atoms with Crippen LogP contribution in [0, 0.1) is 5.82 Å². The smallest absolute Gasteiger partial charge is 0.340 e. The molecule has 98 valence electrons. The van der Waals surface area contributed by atoms with E-state index in [0.29, 0.717) is 0 Å². The first kappa shape index (κ1) is 12.8. The lowest BCUT2D eigenvalue weighted by Crippen LogP contribution is -2.20. The number of esters is 1. The monoisotopic (exact) mass is 273 g/mol. The number of rotatable bonds is 2. The van der Waals surface area contributed by atoms with Gasteiger partial charge in [-0.05, 0) is 24.6 Å². The van der Waals surface area contributed by atoms with Crippen molar-refractivity contribution in [3.8, 4) is 0 Å². The van der Waals surface area contributed by atoms with Gasteiger partial charge in [-0.25, -0.2) is 17.6 Å². The molecule has 5 nitrogen and oxygen atoms in total. The summed E-state index contributed by atoms with van der Waals surface area (Å²) < 4.78 is 40.2. The highest BCUT2D eigenvalue weighted by molar-refractivity contribution is 7.91. The fraction of sp³-hybridized carbons (Fsp3) is 0.364. The van der Waals surface area contributed by atoms with Crippen molar-refractivity contribution < 1.29 is 22.3 Å². The van der Waals surface area contributed by atoms with Gasteiger partial charge in [0.1, 0.15) is 11.9 Å². The van der Waals surface area contributed by atoms with Crippen LogP contribution < -0.4 is 5.73 Å². The zero-order valence-electron chi connectivity index (χ0n) is 9.43. The van der Waals surface area contributed by atoms with Gasteiger partial charge in [-0.3, -0.25) is 0 Å². The molecule has 2 rings (SSSR count). The average Bonchev–Trinajstić information content (AvgIpc) is 2.57. The molecule has 1 unspecified atom stereocenters. The first-order valence-corrected chi connectivity index (χ1v) is 7.16. The third kappa shape index (κ3) is 2.79. The second-order valence-electron chi connectivity index (χ2n) is 4.16. The molecule has 0 bridgehead atoms. The zero-order valence-corrected chi connectivity index (χ0v) is 10.2. The quantitative estimate of drug-likeness (QED) is 0.634. The number of nitrogen functional groups attached to an aromatic ring is 1. The lowest BCUT2D eigenvalue weighted by atomic mass is 10.2. The largest absolute Gasteiger partial charge is 0.458 e. The van der Waals surface area contributed by atoms with Crippen molar-refractivity contribution >= 4 is 21.5 Å². The molecule has 0 aromatic heterocycles. The van der Waals surface area contributed by atoms with Gasteiger partial charge in [0.25, 0.3) is 0 Å². The number of hydrogen-bond acceptors (Lipinski definition) is 5. The molecule has 1 saturated heterocycles. The van der Waals surface area contributed by atoms with E-state index in [1.54, 1.807) is 0 Å². The standard InChI is InChI=1S/C11H12FNO4S/c12-7-1-2-9(10(13)5-7)11(14)17-8-3-4-18(15,16)6-8/h1-2,5,8H,3-4,6,13H2. The van der Waals surface area contributed by atoms with Crippen LogP contribution in [-0.4, -0.2) is 32.0 Å². The molecule has 1 aliphatic heterocycles. The molecule has 1 aliphatic rings. The van der Waals surface area contributed by atoms with E-state index in [4.69, 9.17) is 10.5 Å². The summed E-state index contributed by atoms with van der Waals surface area (Å²) in [7, 11) is -3.11. The molecule has 1 atom stereocenters. The lowest BCUT2D eigenvalue weighted by Gasteiger charge is -2.11. The topological polar surface area (TPSA) is 86.5 Å². The molecule has 7 heteroatoms. The number of hydrogen-bond donors (Lipinski definition) is 1. The first-order valence-electron chi connectivity index (χ1n) is 5.34. The van der Waals surface area contributed by atoms with Crippen molar-refractivity contribution in [2.75, 3.05) is 17.2 Å². The van der Waals surface area contributed by atoms with E-state index in [1.165, 1.54) is 6.07 Å². The fourth-order valence-corrected chi connectivity index (χ4v) is 3.38. The van der Waals surface area contributed by atoms with Crippen LogP contribution in [-0.2, 0) is 14.6 Å². The highest BCUT2D eigenvalue weighted by atomic mass is 32.2. The van der Waals surface area contributed by atoms with Crippen LogP contribution in [0.1, 0.15) is 16.8 Å². The SMILES string of the molecule is Nc1cc(F)ccc1C(=O)OC1CCS(=O)(=O)C1. The van der Waals surface area contributed by atoms with Crippen molar-refractivity contribution in [2.24, 2.45) is 0 Å². The Bertz CT molecular complexity index is 585. The molecule has 0 saturated carbocycles. The van der Waals surface area contributed by atoms with Crippen molar-refractivity contribution in [3.05, 3.63) is 29.6 Å². The van der Waals surface area contributed by atoms with E-state index in [2.05, 4.69) is 0 Å². The second-order valence-corrected chi connectivity index (χ2v) is 6.39. The third-order valence-corrected chi connectivity index (χ3v) is 4.44. The summed E-state index contributed by atoms with van der Waals surface area (Å²) in [6, 6.07) is 3.33. The molecule has 1 heterocycles. The van der Waals surface area contributed by atoms with Crippen molar-refractivity contribution in [1.82, 2.24) is 0 Å². The molecule has 0 spiro atoms. The number of halogens is 1. The normalized spacial score (nSPS) is 21.7. The Hall–Kier alpha value is -1.63. The van der Waals surface area contributed by atoms with Gasteiger partial charge in [0, 0.05) is 5.69 Å². The second kappa shape index (κ2) is 4.56. The molecule has 1 fully saturated rings. The number of carbonyl (C=O) groups excluding carboxylic acids is 1. The van der Waals surface area contributed by atoms with Gasteiger partial charge in [0.2, 0.25) is 0 Å². The number of nitrogens with two attached hydrogens (primary N) is 1. The van der Waals surface area contributed by atoms with Crippen LogP contribution in [0.5, 0.6) is 0 Å². The summed E-state index contributed by atoms with van der Waals surface area (Å²) in [6.45, 7) is 0. The van der Waals surface area contributed by atoms with Gasteiger partial charge >= 0.3 is 5.97 Å². The summed E-state index contributed by atoms with van der Waals surface area (Å²) in [5, 5.41) is 0. The van der Waals surface area contributed by atoms with Crippen LogP contribution in [0.3, 0.4) is 0 Å². The lowest BCUT2D eigenvalue weighted by molar-refractivity contribution is 0.0357. The van der Waals surface area contributed by atoms with Crippen LogP contribution in [0.2, 0.25) is 0 Å². The third-order valence-electron chi connectivity index (χ3n) is 2.70. The van der Waals surface area contributed by atoms with Gasteiger partial charge in [-0.2, -0.15) is 0 Å². The average molecular weight is 273 g/mol. The highest BCUT2D eigenvalue weighted by Crippen LogP contribution is 2.19. The summed E-state index contributed by atoms with van der Waals surface area (Å²) >= 11 is 0. The zero-order chi connectivity index (χ0) is 13.3. The van der Waals surface area contributed by atoms with Gasteiger partial charge in [-0.15, -0.1) is 0 Å². The molecule has 1 aromatic carbocycles. The molecule has 18 heavy (non-hydrogen) atoms. The molecule has 0 aliphatic carbocycles. The fourth-order valence-electron chi connectivity index (χ4n) is 1.79. The van der Waals surface area contributed by atoms with E-state index in [-0.39, 0.29) is 29.2 Å². The Morgan fingerprint density at radius 2 is 2.17 bits per heavy atom. The Morgan fingerprint density at radius 1 is 1.44 bits per heavy atom.